The highest BCUT2D eigenvalue weighted by Crippen LogP contribution is 2.44. The monoisotopic (exact) mass is 468 g/mol. The van der Waals surface area contributed by atoms with Crippen LogP contribution in [0.4, 0.5) is 5.69 Å². The maximum absolute atomic E-state index is 9.77. The number of aromatic hydroxyl groups is 1. The van der Waals surface area contributed by atoms with E-state index in [9.17, 15) is 5.11 Å². The SMILES string of the molecule is Cc1cc(C)cc(N2C(=S)N[C@@H](c3ccccn3)[C@@H]2c2cc(C)n(-c3ccc(O)cc3)c2C)c1. The molecule has 2 aromatic heterocycles. The maximum Gasteiger partial charge on any atom is 0.174 e. The molecular formula is C28H28N4OS. The number of thiocarbonyl (C=S) groups is 1. The summed E-state index contributed by atoms with van der Waals surface area (Å²) < 4.78 is 2.23. The van der Waals surface area contributed by atoms with E-state index in [1.807, 2.05) is 30.5 Å². The Labute approximate surface area is 205 Å². The number of anilines is 1. The summed E-state index contributed by atoms with van der Waals surface area (Å²) in [7, 11) is 0. The van der Waals surface area contributed by atoms with Crippen molar-refractivity contribution in [3.05, 3.63) is 107 Å². The van der Waals surface area contributed by atoms with Crippen molar-refractivity contribution in [3.63, 3.8) is 0 Å². The highest BCUT2D eigenvalue weighted by molar-refractivity contribution is 7.80. The highest BCUT2D eigenvalue weighted by Gasteiger charge is 2.42. The minimum Gasteiger partial charge on any atom is -0.508 e. The maximum atomic E-state index is 9.77. The molecule has 1 saturated heterocycles. The van der Waals surface area contributed by atoms with Crippen LogP contribution in [0.3, 0.4) is 0 Å². The molecule has 0 spiro atoms. The number of hydrogen-bond acceptors (Lipinski definition) is 3. The second-order valence-electron chi connectivity index (χ2n) is 9.02. The number of aromatic nitrogens is 2. The first-order valence-electron chi connectivity index (χ1n) is 11.4. The van der Waals surface area contributed by atoms with Gasteiger partial charge in [-0.15, -0.1) is 0 Å². The summed E-state index contributed by atoms with van der Waals surface area (Å²) in [6.45, 7) is 8.49. The molecule has 0 aliphatic carbocycles. The van der Waals surface area contributed by atoms with Crippen LogP contribution >= 0.6 is 12.2 Å². The summed E-state index contributed by atoms with van der Waals surface area (Å²) in [5.41, 5.74) is 8.89. The van der Waals surface area contributed by atoms with Gasteiger partial charge in [0.15, 0.2) is 5.11 Å². The third kappa shape index (κ3) is 3.84. The Bertz CT molecular complexity index is 1340. The van der Waals surface area contributed by atoms with Crippen molar-refractivity contribution in [2.75, 3.05) is 4.90 Å². The summed E-state index contributed by atoms with van der Waals surface area (Å²) in [6.07, 6.45) is 1.83. The summed E-state index contributed by atoms with van der Waals surface area (Å²) in [5, 5.41) is 14.0. The van der Waals surface area contributed by atoms with Crippen LogP contribution in [0.1, 0.15) is 45.9 Å². The molecule has 0 radical (unpaired) electrons. The number of phenols is 1. The first-order valence-corrected chi connectivity index (χ1v) is 11.8. The van der Waals surface area contributed by atoms with E-state index in [0.717, 1.165) is 28.5 Å². The molecule has 0 saturated carbocycles. The van der Waals surface area contributed by atoms with E-state index in [0.29, 0.717) is 5.11 Å². The lowest BCUT2D eigenvalue weighted by molar-refractivity contribution is 0.475. The van der Waals surface area contributed by atoms with E-state index in [1.54, 1.807) is 12.1 Å². The van der Waals surface area contributed by atoms with Crippen LogP contribution in [0, 0.1) is 27.7 Å². The van der Waals surface area contributed by atoms with Crippen LogP contribution in [0.15, 0.2) is 72.9 Å². The van der Waals surface area contributed by atoms with Crippen molar-refractivity contribution in [1.82, 2.24) is 14.9 Å². The predicted octanol–water partition coefficient (Wildman–Crippen LogP) is 5.99. The highest BCUT2D eigenvalue weighted by atomic mass is 32.1. The molecule has 0 amide bonds. The minimum absolute atomic E-state index is 0.0688. The standard InChI is InChI=1S/C28H28N4OS/c1-17-13-18(2)15-22(14-17)32-27(26(30-28(32)34)25-7-5-6-12-29-25)24-16-19(3)31(20(24)4)21-8-10-23(33)11-9-21/h5-16,26-27,33H,1-4H3,(H,30,34)/t26-,27-/m0/s1. The average Bonchev–Trinajstić information content (AvgIpc) is 3.30. The van der Waals surface area contributed by atoms with Gasteiger partial charge in [0, 0.05) is 29.0 Å². The van der Waals surface area contributed by atoms with Gasteiger partial charge >= 0.3 is 0 Å². The molecular weight excluding hydrogens is 440 g/mol. The molecule has 4 aromatic rings. The summed E-state index contributed by atoms with van der Waals surface area (Å²) in [4.78, 5) is 6.91. The normalized spacial score (nSPS) is 17.8. The van der Waals surface area contributed by atoms with Crippen LogP contribution < -0.4 is 10.2 Å². The number of nitrogens with one attached hydrogen (secondary N) is 1. The fourth-order valence-corrected chi connectivity index (χ4v) is 5.47. The van der Waals surface area contributed by atoms with Gasteiger partial charge in [-0.3, -0.25) is 4.98 Å². The van der Waals surface area contributed by atoms with E-state index < -0.39 is 0 Å². The van der Waals surface area contributed by atoms with Crippen molar-refractivity contribution in [1.29, 1.82) is 0 Å². The zero-order chi connectivity index (χ0) is 24.0. The van der Waals surface area contributed by atoms with E-state index in [4.69, 9.17) is 12.2 Å². The Hall–Kier alpha value is -3.64. The smallest absolute Gasteiger partial charge is 0.174 e. The van der Waals surface area contributed by atoms with Crippen LogP contribution in [-0.2, 0) is 0 Å². The number of benzene rings is 2. The van der Waals surface area contributed by atoms with Gasteiger partial charge in [0.05, 0.1) is 17.8 Å². The first kappa shape index (κ1) is 22.2. The van der Waals surface area contributed by atoms with Crippen LogP contribution in [0.25, 0.3) is 5.69 Å². The molecule has 1 aliphatic heterocycles. The minimum atomic E-state index is -0.0942. The van der Waals surface area contributed by atoms with Gasteiger partial charge in [-0.25, -0.2) is 0 Å². The molecule has 1 fully saturated rings. The zero-order valence-corrected chi connectivity index (χ0v) is 20.6. The summed E-state index contributed by atoms with van der Waals surface area (Å²) in [6, 6.07) is 22.0. The zero-order valence-electron chi connectivity index (χ0n) is 19.8. The Balaban J connectivity index is 1.69. The molecule has 2 N–H and O–H groups in total. The lowest BCUT2D eigenvalue weighted by Gasteiger charge is -2.29. The largest absolute Gasteiger partial charge is 0.508 e. The second-order valence-corrected chi connectivity index (χ2v) is 9.41. The molecule has 3 heterocycles. The quantitative estimate of drug-likeness (QED) is 0.361. The van der Waals surface area contributed by atoms with Crippen molar-refractivity contribution in [3.8, 4) is 11.4 Å². The summed E-state index contributed by atoms with van der Waals surface area (Å²) >= 11 is 5.91. The molecule has 172 valence electrons. The molecule has 34 heavy (non-hydrogen) atoms. The Morgan fingerprint density at radius 2 is 1.59 bits per heavy atom. The van der Waals surface area contributed by atoms with E-state index in [1.165, 1.54) is 16.7 Å². The van der Waals surface area contributed by atoms with Gasteiger partial charge < -0.3 is 19.9 Å². The van der Waals surface area contributed by atoms with Crippen LogP contribution in [0.5, 0.6) is 5.75 Å². The predicted molar refractivity (Wildman–Crippen MR) is 141 cm³/mol. The van der Waals surface area contributed by atoms with Gasteiger partial charge in [0.25, 0.3) is 0 Å². The topological polar surface area (TPSA) is 53.3 Å². The van der Waals surface area contributed by atoms with Gasteiger partial charge in [0.1, 0.15) is 5.75 Å². The third-order valence-corrected chi connectivity index (χ3v) is 6.79. The van der Waals surface area contributed by atoms with Crippen molar-refractivity contribution in [2.24, 2.45) is 0 Å². The van der Waals surface area contributed by atoms with Crippen LogP contribution in [-0.4, -0.2) is 19.8 Å². The van der Waals surface area contributed by atoms with Gasteiger partial charge in [0.2, 0.25) is 0 Å². The van der Waals surface area contributed by atoms with Crippen molar-refractivity contribution >= 4 is 23.0 Å². The van der Waals surface area contributed by atoms with Gasteiger partial charge in [-0.2, -0.15) is 0 Å². The van der Waals surface area contributed by atoms with E-state index in [-0.39, 0.29) is 17.8 Å². The summed E-state index contributed by atoms with van der Waals surface area (Å²) in [5.74, 6) is 0.257. The number of hydrogen-bond donors (Lipinski definition) is 2. The van der Waals surface area contributed by atoms with Crippen molar-refractivity contribution in [2.45, 2.75) is 39.8 Å². The Morgan fingerprint density at radius 3 is 2.24 bits per heavy atom. The number of aryl methyl sites for hydroxylation is 3. The molecule has 1 aliphatic rings. The molecule has 0 unspecified atom stereocenters. The molecule has 2 atom stereocenters. The Kier molecular flexibility index (Phi) is 5.62. The van der Waals surface area contributed by atoms with Crippen molar-refractivity contribution < 1.29 is 5.11 Å². The number of phenolic OH excluding ortho intramolecular Hbond substituents is 1. The molecule has 2 aromatic carbocycles. The lowest BCUT2D eigenvalue weighted by Crippen LogP contribution is -2.29. The Morgan fingerprint density at radius 1 is 0.882 bits per heavy atom. The second kappa shape index (κ2) is 8.61. The number of pyridine rings is 1. The number of rotatable bonds is 4. The molecule has 6 heteroatoms. The van der Waals surface area contributed by atoms with Crippen LogP contribution in [0.2, 0.25) is 0 Å². The third-order valence-electron chi connectivity index (χ3n) is 6.48. The fourth-order valence-electron chi connectivity index (χ4n) is 5.12. The van der Waals surface area contributed by atoms with E-state index in [2.05, 4.69) is 77.8 Å². The lowest BCUT2D eigenvalue weighted by atomic mass is 9.96. The van der Waals surface area contributed by atoms with Gasteiger partial charge in [-0.1, -0.05) is 12.1 Å². The average molecular weight is 469 g/mol. The number of nitrogens with zero attached hydrogens (tertiary/aromatic N) is 3. The van der Waals surface area contributed by atoms with E-state index >= 15 is 0 Å². The molecule has 0 bridgehead atoms. The first-order chi connectivity index (χ1) is 16.3. The van der Waals surface area contributed by atoms with Gasteiger partial charge in [-0.05, 0) is 111 Å². The molecule has 5 nitrogen and oxygen atoms in total. The fraction of sp³-hybridized carbons (Fsp3) is 0.214. The molecule has 5 rings (SSSR count).